The fourth-order valence-corrected chi connectivity index (χ4v) is 3.05. The summed E-state index contributed by atoms with van der Waals surface area (Å²) in [4.78, 5) is 28.7. The second-order valence-corrected chi connectivity index (χ2v) is 6.60. The van der Waals surface area contributed by atoms with Crippen molar-refractivity contribution in [1.82, 2.24) is 10.3 Å². The predicted molar refractivity (Wildman–Crippen MR) is 97.3 cm³/mol. The summed E-state index contributed by atoms with van der Waals surface area (Å²) in [6.45, 7) is 0.317. The Morgan fingerprint density at radius 3 is 2.57 bits per heavy atom. The molecule has 0 aliphatic carbocycles. The molecule has 0 aliphatic rings. The minimum Gasteiger partial charge on any atom is -0.459 e. The first-order valence-electron chi connectivity index (χ1n) is 8.00. The van der Waals surface area contributed by atoms with Gasteiger partial charge >= 0.3 is 6.18 Å². The summed E-state index contributed by atoms with van der Waals surface area (Å²) in [7, 11) is 0. The number of benzene rings is 1. The summed E-state index contributed by atoms with van der Waals surface area (Å²) >= 11 is 1.21. The number of aryl methyl sites for hydroxylation is 1. The van der Waals surface area contributed by atoms with Crippen molar-refractivity contribution in [3.63, 3.8) is 0 Å². The van der Waals surface area contributed by atoms with Gasteiger partial charge in [0, 0.05) is 5.38 Å². The molecule has 28 heavy (non-hydrogen) atoms. The van der Waals surface area contributed by atoms with Gasteiger partial charge in [-0.2, -0.15) is 13.2 Å². The first-order valence-corrected chi connectivity index (χ1v) is 8.88. The van der Waals surface area contributed by atoms with E-state index in [-0.39, 0.29) is 16.9 Å². The molecule has 0 unspecified atom stereocenters. The Bertz CT molecular complexity index is 1010. The lowest BCUT2D eigenvalue weighted by atomic mass is 10.1. The summed E-state index contributed by atoms with van der Waals surface area (Å²) in [6, 6.07) is 9.28. The second-order valence-electron chi connectivity index (χ2n) is 5.75. The zero-order valence-corrected chi connectivity index (χ0v) is 15.3. The average molecular weight is 409 g/mol. The molecule has 2 heterocycles. The van der Waals surface area contributed by atoms with E-state index in [2.05, 4.69) is 10.3 Å². The van der Waals surface area contributed by atoms with Crippen molar-refractivity contribution >= 4 is 28.8 Å². The predicted octanol–water partition coefficient (Wildman–Crippen LogP) is 4.26. The lowest BCUT2D eigenvalue weighted by Gasteiger charge is -2.12. The fraction of sp³-hybridized carbons (Fsp3) is 0.167. The maximum atomic E-state index is 12.4. The molecule has 0 bridgehead atoms. The molecule has 2 aromatic heterocycles. The standard InChI is InChI=1S/C18H14F3N3O3S/c1-10-6-7-14(27-10)17-24-13(8-28-17)16(26)23-12-5-3-2-4-11(12)15(25)22-9-18(19,20)21/h2-8H,9H2,1H3,(H,22,25)(H,23,26). The van der Waals surface area contributed by atoms with Crippen molar-refractivity contribution in [2.45, 2.75) is 13.1 Å². The van der Waals surface area contributed by atoms with E-state index in [1.54, 1.807) is 30.4 Å². The van der Waals surface area contributed by atoms with Crippen LogP contribution in [0.4, 0.5) is 18.9 Å². The summed E-state index contributed by atoms with van der Waals surface area (Å²) in [5, 5.41) is 6.32. The first-order chi connectivity index (χ1) is 13.2. The number of anilines is 1. The number of hydrogen-bond donors (Lipinski definition) is 2. The molecule has 0 atom stereocenters. The maximum Gasteiger partial charge on any atom is 0.405 e. The molecule has 0 fully saturated rings. The summed E-state index contributed by atoms with van der Waals surface area (Å²) in [5.74, 6) is -0.316. The van der Waals surface area contributed by atoms with E-state index in [4.69, 9.17) is 4.42 Å². The number of carbonyl (C=O) groups is 2. The average Bonchev–Trinajstić information content (AvgIpc) is 3.28. The molecule has 0 spiro atoms. The molecule has 10 heteroatoms. The van der Waals surface area contributed by atoms with Crippen molar-refractivity contribution in [1.29, 1.82) is 0 Å². The first kappa shape index (κ1) is 19.6. The zero-order valence-electron chi connectivity index (χ0n) is 14.5. The Morgan fingerprint density at radius 2 is 1.89 bits per heavy atom. The number of para-hydroxylation sites is 1. The second kappa shape index (κ2) is 7.85. The largest absolute Gasteiger partial charge is 0.459 e. The van der Waals surface area contributed by atoms with Crippen LogP contribution in [-0.4, -0.2) is 29.5 Å². The molecule has 2 amide bonds. The molecule has 0 radical (unpaired) electrons. The lowest BCUT2D eigenvalue weighted by Crippen LogP contribution is -2.34. The highest BCUT2D eigenvalue weighted by Crippen LogP contribution is 2.26. The van der Waals surface area contributed by atoms with E-state index < -0.39 is 24.5 Å². The number of thiazole rings is 1. The Kier molecular flexibility index (Phi) is 5.50. The highest BCUT2D eigenvalue weighted by molar-refractivity contribution is 7.13. The third kappa shape index (κ3) is 4.77. The van der Waals surface area contributed by atoms with Gasteiger partial charge in [0.1, 0.15) is 18.0 Å². The number of nitrogens with one attached hydrogen (secondary N) is 2. The van der Waals surface area contributed by atoms with Crippen molar-refractivity contribution in [3.8, 4) is 10.8 Å². The molecule has 3 aromatic rings. The van der Waals surface area contributed by atoms with Gasteiger partial charge in [0.2, 0.25) is 0 Å². The Balaban J connectivity index is 1.74. The van der Waals surface area contributed by atoms with Gasteiger partial charge in [-0.25, -0.2) is 4.98 Å². The number of hydrogen-bond acceptors (Lipinski definition) is 5. The number of halogens is 3. The van der Waals surface area contributed by atoms with E-state index in [1.165, 1.54) is 34.9 Å². The van der Waals surface area contributed by atoms with Crippen molar-refractivity contribution in [2.75, 3.05) is 11.9 Å². The monoisotopic (exact) mass is 409 g/mol. The van der Waals surface area contributed by atoms with Crippen LogP contribution >= 0.6 is 11.3 Å². The number of carbonyl (C=O) groups excluding carboxylic acids is 2. The molecule has 0 aliphatic heterocycles. The molecular weight excluding hydrogens is 395 g/mol. The fourth-order valence-electron chi connectivity index (χ4n) is 2.29. The van der Waals surface area contributed by atoms with Gasteiger partial charge in [0.05, 0.1) is 11.3 Å². The molecule has 2 N–H and O–H groups in total. The molecule has 146 valence electrons. The highest BCUT2D eigenvalue weighted by atomic mass is 32.1. The van der Waals surface area contributed by atoms with Gasteiger partial charge in [-0.15, -0.1) is 11.3 Å². The van der Waals surface area contributed by atoms with E-state index in [1.807, 2.05) is 0 Å². The number of alkyl halides is 3. The summed E-state index contributed by atoms with van der Waals surface area (Å²) < 4.78 is 42.4. The Morgan fingerprint density at radius 1 is 1.14 bits per heavy atom. The number of furan rings is 1. The number of aromatic nitrogens is 1. The van der Waals surface area contributed by atoms with Gasteiger partial charge in [0.25, 0.3) is 11.8 Å². The molecule has 0 saturated heterocycles. The maximum absolute atomic E-state index is 12.4. The number of amides is 2. The van der Waals surface area contributed by atoms with Crippen LogP contribution in [0.1, 0.15) is 26.6 Å². The lowest BCUT2D eigenvalue weighted by molar-refractivity contribution is -0.123. The van der Waals surface area contributed by atoms with E-state index in [0.29, 0.717) is 16.5 Å². The van der Waals surface area contributed by atoms with Gasteiger partial charge in [-0.3, -0.25) is 9.59 Å². The minimum atomic E-state index is -4.53. The van der Waals surface area contributed by atoms with Crippen molar-refractivity contribution < 1.29 is 27.2 Å². The SMILES string of the molecule is Cc1ccc(-c2nc(C(=O)Nc3ccccc3C(=O)NCC(F)(F)F)cs2)o1. The minimum absolute atomic E-state index is 0.0792. The number of rotatable bonds is 5. The molecular formula is C18H14F3N3O3S. The topological polar surface area (TPSA) is 84.2 Å². The summed E-state index contributed by atoms with van der Waals surface area (Å²) in [6.07, 6.45) is -4.53. The van der Waals surface area contributed by atoms with E-state index in [0.717, 1.165) is 0 Å². The molecule has 6 nitrogen and oxygen atoms in total. The van der Waals surface area contributed by atoms with Crippen LogP contribution in [0.25, 0.3) is 10.8 Å². The van der Waals surface area contributed by atoms with Crippen molar-refractivity contribution in [3.05, 3.63) is 58.8 Å². The van der Waals surface area contributed by atoms with Crippen molar-refractivity contribution in [2.24, 2.45) is 0 Å². The molecule has 3 rings (SSSR count). The van der Waals surface area contributed by atoms with Crippen LogP contribution < -0.4 is 10.6 Å². The van der Waals surface area contributed by atoms with Crippen LogP contribution in [-0.2, 0) is 0 Å². The van der Waals surface area contributed by atoms with E-state index >= 15 is 0 Å². The highest BCUT2D eigenvalue weighted by Gasteiger charge is 2.28. The van der Waals surface area contributed by atoms with Gasteiger partial charge in [-0.1, -0.05) is 12.1 Å². The van der Waals surface area contributed by atoms with Gasteiger partial charge in [0.15, 0.2) is 10.8 Å². The van der Waals surface area contributed by atoms with E-state index in [9.17, 15) is 22.8 Å². The molecule has 0 saturated carbocycles. The quantitative estimate of drug-likeness (QED) is 0.660. The third-order valence-electron chi connectivity index (χ3n) is 3.56. The van der Waals surface area contributed by atoms with Gasteiger partial charge < -0.3 is 15.1 Å². The zero-order chi connectivity index (χ0) is 20.3. The Labute approximate surface area is 161 Å². The van der Waals surface area contributed by atoms with Gasteiger partial charge in [-0.05, 0) is 31.2 Å². The third-order valence-corrected chi connectivity index (χ3v) is 4.41. The smallest absolute Gasteiger partial charge is 0.405 e. The van der Waals surface area contributed by atoms with Crippen LogP contribution in [0, 0.1) is 6.92 Å². The van der Waals surface area contributed by atoms with Crippen LogP contribution in [0.2, 0.25) is 0 Å². The van der Waals surface area contributed by atoms with Crippen LogP contribution in [0.5, 0.6) is 0 Å². The van der Waals surface area contributed by atoms with Crippen LogP contribution in [0.15, 0.2) is 46.2 Å². The van der Waals surface area contributed by atoms with Crippen LogP contribution in [0.3, 0.4) is 0 Å². The Hall–Kier alpha value is -3.14. The number of nitrogens with zero attached hydrogens (tertiary/aromatic N) is 1. The normalized spacial score (nSPS) is 11.3. The summed E-state index contributed by atoms with van der Waals surface area (Å²) in [5.41, 5.74) is 0.0901. The molecule has 1 aromatic carbocycles.